The normalized spacial score (nSPS) is 12.2. The van der Waals surface area contributed by atoms with Crippen LogP contribution < -0.4 is 10.1 Å². The highest BCUT2D eigenvalue weighted by Crippen LogP contribution is 2.22. The van der Waals surface area contributed by atoms with Gasteiger partial charge in [-0.15, -0.1) is 0 Å². The Balaban J connectivity index is 2.34. The van der Waals surface area contributed by atoms with Crippen molar-refractivity contribution >= 4 is 16.8 Å². The Labute approximate surface area is 125 Å². The highest BCUT2D eigenvalue weighted by atomic mass is 16.5. The Morgan fingerprint density at radius 2 is 2.14 bits per heavy atom. The van der Waals surface area contributed by atoms with E-state index in [0.29, 0.717) is 5.56 Å². The fraction of sp³-hybridized carbons (Fsp3) is 0.412. The highest BCUT2D eigenvalue weighted by Gasteiger charge is 2.14. The second-order valence-electron chi connectivity index (χ2n) is 5.34. The molecule has 21 heavy (non-hydrogen) atoms. The molecule has 0 fully saturated rings. The number of nitrogens with one attached hydrogen (secondary N) is 1. The molecule has 1 heterocycles. The minimum absolute atomic E-state index is 0.0642. The molecule has 1 N–H and O–H groups in total. The number of methoxy groups -OCH3 is 1. The summed E-state index contributed by atoms with van der Waals surface area (Å²) in [4.78, 5) is 16.9. The summed E-state index contributed by atoms with van der Waals surface area (Å²) in [6.45, 7) is 6.00. The largest absolute Gasteiger partial charge is 0.497 e. The minimum Gasteiger partial charge on any atom is -0.497 e. The van der Waals surface area contributed by atoms with Crippen molar-refractivity contribution in [3.05, 3.63) is 35.5 Å². The molecule has 0 unspecified atom stereocenters. The zero-order valence-corrected chi connectivity index (χ0v) is 13.1. The molecule has 1 aromatic heterocycles. The zero-order valence-electron chi connectivity index (χ0n) is 13.1. The Bertz CT molecular complexity index is 653. The Morgan fingerprint density at radius 1 is 1.38 bits per heavy atom. The lowest BCUT2D eigenvalue weighted by Crippen LogP contribution is -2.32. The van der Waals surface area contributed by atoms with Crippen LogP contribution in [-0.2, 0) is 0 Å². The molecule has 0 spiro atoms. The van der Waals surface area contributed by atoms with Gasteiger partial charge in [0.05, 0.1) is 23.9 Å². The maximum atomic E-state index is 12.4. The van der Waals surface area contributed by atoms with Gasteiger partial charge in [-0.1, -0.05) is 13.3 Å². The van der Waals surface area contributed by atoms with E-state index in [-0.39, 0.29) is 11.9 Å². The fourth-order valence-corrected chi connectivity index (χ4v) is 2.41. The van der Waals surface area contributed by atoms with Crippen molar-refractivity contribution in [2.75, 3.05) is 7.11 Å². The van der Waals surface area contributed by atoms with Crippen LogP contribution in [0, 0.1) is 6.92 Å². The number of aryl methyl sites for hydroxylation is 1. The lowest BCUT2D eigenvalue weighted by atomic mass is 10.1. The molecular formula is C17H22N2O2. The van der Waals surface area contributed by atoms with Gasteiger partial charge < -0.3 is 10.1 Å². The average Bonchev–Trinajstić information content (AvgIpc) is 2.46. The number of nitrogens with zero attached hydrogens (tertiary/aromatic N) is 1. The van der Waals surface area contributed by atoms with Crippen molar-refractivity contribution in [3.8, 4) is 5.75 Å². The maximum absolute atomic E-state index is 12.4. The maximum Gasteiger partial charge on any atom is 0.253 e. The SMILES string of the molecule is CCC[C@@H](C)NC(=O)c1cc2cc(OC)ccc2nc1C. The summed E-state index contributed by atoms with van der Waals surface area (Å²) in [5.41, 5.74) is 2.24. The lowest BCUT2D eigenvalue weighted by Gasteiger charge is -2.14. The number of fused-ring (bicyclic) bond motifs is 1. The molecule has 0 saturated heterocycles. The monoisotopic (exact) mass is 286 g/mol. The first-order valence-electron chi connectivity index (χ1n) is 7.31. The van der Waals surface area contributed by atoms with Crippen LogP contribution in [0.1, 0.15) is 42.7 Å². The number of hydrogen-bond donors (Lipinski definition) is 1. The number of aromatic nitrogens is 1. The predicted octanol–water partition coefficient (Wildman–Crippen LogP) is 3.47. The van der Waals surface area contributed by atoms with E-state index in [1.165, 1.54) is 0 Å². The molecule has 4 heteroatoms. The molecule has 2 aromatic rings. The molecule has 1 aromatic carbocycles. The van der Waals surface area contributed by atoms with E-state index in [1.807, 2.05) is 38.1 Å². The molecule has 0 radical (unpaired) electrons. The fourth-order valence-electron chi connectivity index (χ4n) is 2.41. The molecule has 0 aliphatic carbocycles. The topological polar surface area (TPSA) is 51.2 Å². The summed E-state index contributed by atoms with van der Waals surface area (Å²) >= 11 is 0. The molecule has 4 nitrogen and oxygen atoms in total. The first-order chi connectivity index (χ1) is 10.0. The van der Waals surface area contributed by atoms with E-state index in [4.69, 9.17) is 4.74 Å². The zero-order chi connectivity index (χ0) is 15.4. The van der Waals surface area contributed by atoms with E-state index in [2.05, 4.69) is 17.2 Å². The Hall–Kier alpha value is -2.10. The highest BCUT2D eigenvalue weighted by molar-refractivity contribution is 5.98. The smallest absolute Gasteiger partial charge is 0.253 e. The number of rotatable bonds is 5. The number of benzene rings is 1. The molecule has 1 atom stereocenters. The lowest BCUT2D eigenvalue weighted by molar-refractivity contribution is 0.0937. The summed E-state index contributed by atoms with van der Waals surface area (Å²) in [7, 11) is 1.63. The van der Waals surface area contributed by atoms with Crippen molar-refractivity contribution in [1.29, 1.82) is 0 Å². The van der Waals surface area contributed by atoms with Gasteiger partial charge in [0.25, 0.3) is 5.91 Å². The minimum atomic E-state index is -0.0642. The van der Waals surface area contributed by atoms with E-state index in [9.17, 15) is 4.79 Å². The third kappa shape index (κ3) is 3.51. The van der Waals surface area contributed by atoms with Gasteiger partial charge in [0.15, 0.2) is 0 Å². The summed E-state index contributed by atoms with van der Waals surface area (Å²) < 4.78 is 5.22. The Morgan fingerprint density at radius 3 is 2.81 bits per heavy atom. The summed E-state index contributed by atoms with van der Waals surface area (Å²) in [6, 6.07) is 7.73. The van der Waals surface area contributed by atoms with Gasteiger partial charge in [0, 0.05) is 11.4 Å². The van der Waals surface area contributed by atoms with Gasteiger partial charge >= 0.3 is 0 Å². The molecule has 2 rings (SSSR count). The van der Waals surface area contributed by atoms with Gasteiger partial charge in [-0.25, -0.2) is 0 Å². The van der Waals surface area contributed by atoms with Gasteiger partial charge in [0.2, 0.25) is 0 Å². The number of pyridine rings is 1. The predicted molar refractivity (Wildman–Crippen MR) is 84.9 cm³/mol. The number of hydrogen-bond acceptors (Lipinski definition) is 3. The summed E-state index contributed by atoms with van der Waals surface area (Å²) in [5.74, 6) is 0.699. The third-order valence-corrected chi connectivity index (χ3v) is 3.56. The molecule has 1 amide bonds. The van der Waals surface area contributed by atoms with Crippen molar-refractivity contribution in [3.63, 3.8) is 0 Å². The van der Waals surface area contributed by atoms with Crippen LogP contribution in [0.15, 0.2) is 24.3 Å². The first kappa shape index (κ1) is 15.3. The van der Waals surface area contributed by atoms with E-state index >= 15 is 0 Å². The molecule has 0 saturated carbocycles. The van der Waals surface area contributed by atoms with Gasteiger partial charge in [-0.2, -0.15) is 0 Å². The number of carbonyl (C=O) groups excluding carboxylic acids is 1. The number of amides is 1. The van der Waals surface area contributed by atoms with E-state index in [0.717, 1.165) is 35.2 Å². The van der Waals surface area contributed by atoms with Crippen LogP contribution in [0.2, 0.25) is 0 Å². The first-order valence-corrected chi connectivity index (χ1v) is 7.31. The molecular weight excluding hydrogens is 264 g/mol. The van der Waals surface area contributed by atoms with Gasteiger partial charge in [-0.3, -0.25) is 9.78 Å². The van der Waals surface area contributed by atoms with E-state index in [1.54, 1.807) is 7.11 Å². The molecule has 112 valence electrons. The van der Waals surface area contributed by atoms with Crippen LogP contribution in [-0.4, -0.2) is 24.0 Å². The van der Waals surface area contributed by atoms with Crippen LogP contribution in [0.3, 0.4) is 0 Å². The standard InChI is InChI=1S/C17H22N2O2/c1-5-6-11(2)18-17(20)15-10-13-9-14(21-4)7-8-16(13)19-12(15)3/h7-11H,5-6H2,1-4H3,(H,18,20)/t11-/m1/s1. The average molecular weight is 286 g/mol. The van der Waals surface area contributed by atoms with E-state index < -0.39 is 0 Å². The second-order valence-corrected chi connectivity index (χ2v) is 5.34. The molecule has 0 bridgehead atoms. The molecule has 0 aliphatic rings. The quantitative estimate of drug-likeness (QED) is 0.915. The van der Waals surface area contributed by atoms with Crippen molar-refractivity contribution in [2.24, 2.45) is 0 Å². The summed E-state index contributed by atoms with van der Waals surface area (Å²) in [6.07, 6.45) is 2.02. The van der Waals surface area contributed by atoms with Crippen LogP contribution in [0.5, 0.6) is 5.75 Å². The van der Waals surface area contributed by atoms with Crippen molar-refractivity contribution in [1.82, 2.24) is 10.3 Å². The van der Waals surface area contributed by atoms with Gasteiger partial charge in [0.1, 0.15) is 5.75 Å². The molecule has 0 aliphatic heterocycles. The van der Waals surface area contributed by atoms with Crippen molar-refractivity contribution in [2.45, 2.75) is 39.7 Å². The summed E-state index contributed by atoms with van der Waals surface area (Å²) in [5, 5.41) is 3.93. The Kier molecular flexibility index (Phi) is 4.78. The number of ether oxygens (including phenoxy) is 1. The number of carbonyl (C=O) groups is 1. The van der Waals surface area contributed by atoms with Crippen LogP contribution in [0.25, 0.3) is 10.9 Å². The third-order valence-electron chi connectivity index (χ3n) is 3.56. The van der Waals surface area contributed by atoms with Crippen LogP contribution >= 0.6 is 0 Å². The van der Waals surface area contributed by atoms with Crippen LogP contribution in [0.4, 0.5) is 0 Å². The second kappa shape index (κ2) is 6.57. The van der Waals surface area contributed by atoms with Crippen molar-refractivity contribution < 1.29 is 9.53 Å². The van der Waals surface area contributed by atoms with Gasteiger partial charge in [-0.05, 0) is 44.5 Å².